The molecule has 0 saturated carbocycles. The summed E-state index contributed by atoms with van der Waals surface area (Å²) >= 11 is 1.25. The molecule has 0 spiro atoms. The molecular formula is C94H154O36S. The molecule has 0 aromatic rings. The lowest BCUT2D eigenvalue weighted by molar-refractivity contribution is -0.177. The van der Waals surface area contributed by atoms with E-state index in [1.807, 2.05) is 6.92 Å². The summed E-state index contributed by atoms with van der Waals surface area (Å²) in [5.74, 6) is -18.1. The first kappa shape index (κ1) is 122. The van der Waals surface area contributed by atoms with E-state index in [9.17, 15) is 52.7 Å². The summed E-state index contributed by atoms with van der Waals surface area (Å²) in [6.45, 7) is 30.5. The molecule has 0 fully saturated rings. The van der Waals surface area contributed by atoms with Crippen LogP contribution in [0.1, 0.15) is 255 Å². The smallest absolute Gasteiger partial charge is 0.312 e. The molecule has 0 aromatic carbocycles. The average Bonchev–Trinajstić information content (AvgIpc) is 0.747. The van der Waals surface area contributed by atoms with Crippen molar-refractivity contribution in [2.24, 2.45) is 98.0 Å². The van der Waals surface area contributed by atoms with Crippen molar-refractivity contribution in [1.82, 2.24) is 0 Å². The van der Waals surface area contributed by atoms with Crippen LogP contribution in [-0.4, -0.2) is 246 Å². The SMILES string of the molecule is CCC(C)(C)C(=O)OCCSC(C)C(C)(CC(C)(CC(C)(CC(C)(CC(C)(CC(C)(CC(C)(CC(C)(CC(C)(CC(C)(CC(C)(CC(C)(CC(C)(CC(C)(CC(C)(CC(C)(CC(C)C(=O)OC)C(=O)OC)C(=O)OC)C(=O)OC)C(=O)OC)C(=O)OC)C(=O)OC)C(=O)OC)C(=O)OC)C(=O)OC)C(=O)OC)C(=O)OC)C(=O)OC)C(=O)OC)C(=O)OC)C(=O)OC)C(=O)OC. The minimum absolute atomic E-state index is 0.0322. The van der Waals surface area contributed by atoms with Crippen LogP contribution in [0.15, 0.2) is 0 Å². The van der Waals surface area contributed by atoms with Crippen LogP contribution in [0.2, 0.25) is 0 Å². The van der Waals surface area contributed by atoms with Gasteiger partial charge in [-0.1, -0.05) is 20.8 Å². The van der Waals surface area contributed by atoms with Crippen LogP contribution in [0.5, 0.6) is 0 Å². The van der Waals surface area contributed by atoms with Gasteiger partial charge in [-0.3, -0.25) is 86.3 Å². The van der Waals surface area contributed by atoms with E-state index in [1.165, 1.54) is 123 Å². The topological polar surface area (TPSA) is 473 Å². The molecule has 18 unspecified atom stereocenters. The van der Waals surface area contributed by atoms with Crippen molar-refractivity contribution in [3.63, 3.8) is 0 Å². The summed E-state index contributed by atoms with van der Waals surface area (Å²) in [6, 6.07) is 0. The van der Waals surface area contributed by atoms with Crippen molar-refractivity contribution >= 4 is 119 Å². The number of esters is 18. The summed E-state index contributed by atoms with van der Waals surface area (Å²) in [6.07, 6.45) is -9.31. The van der Waals surface area contributed by atoms with E-state index >= 15 is 33.6 Å². The fourth-order valence-electron chi connectivity index (χ4n) is 22.1. The maximum absolute atomic E-state index is 15.2. The number of hydrogen-bond donors (Lipinski definition) is 0. The molecule has 0 amide bonds. The van der Waals surface area contributed by atoms with Crippen molar-refractivity contribution in [1.29, 1.82) is 0 Å². The van der Waals surface area contributed by atoms with Gasteiger partial charge in [-0.05, 0) is 234 Å². The number of methoxy groups -OCH3 is 17. The Labute approximate surface area is 778 Å². The lowest BCUT2D eigenvalue weighted by Gasteiger charge is -2.47. The molecule has 0 heterocycles. The predicted octanol–water partition coefficient (Wildman–Crippen LogP) is 12.0. The number of ether oxygens (including phenoxy) is 18. The van der Waals surface area contributed by atoms with E-state index in [-0.39, 0.29) is 25.2 Å². The number of hydrogen-bond acceptors (Lipinski definition) is 37. The third-order valence-electron chi connectivity index (χ3n) is 26.9. The van der Waals surface area contributed by atoms with Gasteiger partial charge in [-0.2, -0.15) is 11.8 Å². The zero-order valence-electron chi connectivity index (χ0n) is 85.2. The fraction of sp³-hybridized carbons (Fsp3) is 0.809. The van der Waals surface area contributed by atoms with Crippen LogP contribution in [0.4, 0.5) is 0 Å². The van der Waals surface area contributed by atoms with Crippen LogP contribution in [0.25, 0.3) is 0 Å². The summed E-state index contributed by atoms with van der Waals surface area (Å²) in [5, 5.41) is -0.682. The van der Waals surface area contributed by atoms with E-state index in [1.54, 1.807) is 27.7 Å². The second kappa shape index (κ2) is 47.6. The van der Waals surface area contributed by atoms with Crippen LogP contribution in [0.3, 0.4) is 0 Å². The standard InChI is InChI=1S/C94H154O36S/c1-39-78(4,5)61(96)130-40-41-131-59(3)94(21,77(112)129-38)57-93(20,76(111)128-37)56-92(19,75(110)127-36)55-91(18,74(109)126-35)54-90(17,73(108)125-34)53-89(16,72(107)124-33)52-88(15,71(106)123-32)51-87(14,70(105)122-31)50-86(13,69(104)121-30)49-85(12,68(103)120-29)48-84(11,67(102)119-28)47-83(10,66(101)118-27)46-82(9,65(100)117-26)45-81(8,64(99)116-25)44-80(7,63(98)115-24)43-79(6,62(97)114-23)42-58(2)60(95)113-22/h58-59H,39-57H2,1-38H3. The molecule has 131 heavy (non-hydrogen) atoms. The Morgan fingerprint density at radius 2 is 0.366 bits per heavy atom. The minimum atomic E-state index is -2.18. The first-order chi connectivity index (χ1) is 59.8. The molecule has 0 aromatic heterocycles. The maximum Gasteiger partial charge on any atom is 0.312 e. The normalized spacial score (nSPS) is 19.5. The predicted molar refractivity (Wildman–Crippen MR) is 474 cm³/mol. The third kappa shape index (κ3) is 29.2. The van der Waals surface area contributed by atoms with Gasteiger partial charge in [0.05, 0.1) is 219 Å². The number of rotatable bonds is 56. The van der Waals surface area contributed by atoms with Crippen LogP contribution in [0, 0.1) is 98.0 Å². The summed E-state index contributed by atoms with van der Waals surface area (Å²) in [7, 11) is 17.9. The Bertz CT molecular complexity index is 4080. The molecule has 0 bridgehead atoms. The van der Waals surface area contributed by atoms with Crippen molar-refractivity contribution in [3.8, 4) is 0 Å². The van der Waals surface area contributed by atoms with Gasteiger partial charge in [-0.15, -0.1) is 0 Å². The Morgan fingerprint density at radius 3 is 0.519 bits per heavy atom. The molecule has 0 radical (unpaired) electrons. The van der Waals surface area contributed by atoms with E-state index < -0.39 is 301 Å². The zero-order valence-corrected chi connectivity index (χ0v) is 86.0. The van der Waals surface area contributed by atoms with Gasteiger partial charge in [0.15, 0.2) is 0 Å². The lowest BCUT2D eigenvalue weighted by atomic mass is 9.55. The van der Waals surface area contributed by atoms with Crippen LogP contribution < -0.4 is 0 Å². The van der Waals surface area contributed by atoms with Gasteiger partial charge in [0, 0.05) is 11.0 Å². The molecule has 0 N–H and O–H groups in total. The number of carbonyl (C=O) groups is 18. The van der Waals surface area contributed by atoms with Gasteiger partial charge in [0.2, 0.25) is 0 Å². The zero-order chi connectivity index (χ0) is 103. The van der Waals surface area contributed by atoms with Gasteiger partial charge < -0.3 is 85.3 Å². The highest BCUT2D eigenvalue weighted by Crippen LogP contribution is 2.61. The molecule has 36 nitrogen and oxygen atoms in total. The summed E-state index contributed by atoms with van der Waals surface area (Å²) in [4.78, 5) is 263. The molecule has 0 saturated heterocycles. The Morgan fingerprint density at radius 1 is 0.214 bits per heavy atom. The minimum Gasteiger partial charge on any atom is -0.469 e. The largest absolute Gasteiger partial charge is 0.469 e. The van der Waals surface area contributed by atoms with Crippen molar-refractivity contribution in [2.45, 2.75) is 260 Å². The summed E-state index contributed by atoms with van der Waals surface area (Å²) in [5.41, 5.74) is -33.1. The van der Waals surface area contributed by atoms with Gasteiger partial charge >= 0.3 is 107 Å². The monoisotopic (exact) mass is 1890 g/mol. The highest BCUT2D eigenvalue weighted by atomic mass is 32.2. The third-order valence-corrected chi connectivity index (χ3v) is 28.3. The van der Waals surface area contributed by atoms with Gasteiger partial charge in [-0.25, -0.2) is 0 Å². The van der Waals surface area contributed by atoms with Gasteiger partial charge in [0.1, 0.15) is 6.61 Å². The molecule has 752 valence electrons. The quantitative estimate of drug-likeness (QED) is 0.0310. The molecule has 0 aliphatic heterocycles. The summed E-state index contributed by atoms with van der Waals surface area (Å²) < 4.78 is 97.9. The highest BCUT2D eigenvalue weighted by Gasteiger charge is 2.65. The molecular weight excluding hydrogens is 1740 g/mol. The van der Waals surface area contributed by atoms with E-state index in [4.69, 9.17) is 85.3 Å². The first-order valence-electron chi connectivity index (χ1n) is 43.0. The Hall–Kier alpha value is -9.19. The van der Waals surface area contributed by atoms with Crippen molar-refractivity contribution < 1.29 is 172 Å². The number of carbonyl (C=O) groups excluding carboxylic acids is 18. The van der Waals surface area contributed by atoms with E-state index in [2.05, 4.69) is 0 Å². The van der Waals surface area contributed by atoms with Crippen LogP contribution in [-0.2, 0) is 172 Å². The fourth-order valence-corrected chi connectivity index (χ4v) is 23.2. The number of thioether (sulfide) groups is 1. The maximum atomic E-state index is 15.2. The van der Waals surface area contributed by atoms with Crippen LogP contribution >= 0.6 is 11.8 Å². The molecule has 0 rings (SSSR count). The lowest BCUT2D eigenvalue weighted by Crippen LogP contribution is -2.52. The van der Waals surface area contributed by atoms with Crippen molar-refractivity contribution in [2.75, 3.05) is 133 Å². The molecule has 18 atom stereocenters. The molecule has 0 aliphatic rings. The second-order valence-electron chi connectivity index (χ2n) is 40.9. The van der Waals surface area contributed by atoms with E-state index in [0.29, 0.717) is 6.42 Å². The average molecular weight is 1890 g/mol. The molecule has 0 aliphatic carbocycles. The second-order valence-corrected chi connectivity index (χ2v) is 42.3. The van der Waals surface area contributed by atoms with Gasteiger partial charge in [0.25, 0.3) is 0 Å². The Kier molecular flexibility index (Phi) is 44.3. The Balaban J connectivity index is 9.11. The molecule has 37 heteroatoms. The van der Waals surface area contributed by atoms with Crippen molar-refractivity contribution in [3.05, 3.63) is 0 Å². The van der Waals surface area contributed by atoms with E-state index in [0.717, 1.165) is 121 Å². The first-order valence-corrected chi connectivity index (χ1v) is 44.1. The highest BCUT2D eigenvalue weighted by molar-refractivity contribution is 7.99.